The maximum atomic E-state index is 12.4. The summed E-state index contributed by atoms with van der Waals surface area (Å²) >= 11 is 0. The Kier molecular flexibility index (Phi) is 6.13. The minimum Gasteiger partial charge on any atom is -0.325 e. The van der Waals surface area contributed by atoms with E-state index in [9.17, 15) is 9.59 Å². The third-order valence-electron chi connectivity index (χ3n) is 3.68. The van der Waals surface area contributed by atoms with Crippen molar-refractivity contribution in [1.82, 2.24) is 4.90 Å². The molecule has 0 radical (unpaired) electrons. The van der Waals surface area contributed by atoms with Crippen LogP contribution in [0.2, 0.25) is 0 Å². The molecule has 0 spiro atoms. The van der Waals surface area contributed by atoms with Crippen molar-refractivity contribution in [1.29, 1.82) is 5.26 Å². The first-order valence-corrected chi connectivity index (χ1v) is 8.04. The summed E-state index contributed by atoms with van der Waals surface area (Å²) in [5.41, 5.74) is 1.98. The third-order valence-corrected chi connectivity index (χ3v) is 3.68. The summed E-state index contributed by atoms with van der Waals surface area (Å²) in [6.07, 6.45) is 0. The van der Waals surface area contributed by atoms with Gasteiger partial charge in [0, 0.05) is 30.0 Å². The zero-order chi connectivity index (χ0) is 18.2. The summed E-state index contributed by atoms with van der Waals surface area (Å²) < 4.78 is 0. The first-order chi connectivity index (χ1) is 12.1. The Morgan fingerprint density at radius 3 is 2.28 bits per heavy atom. The van der Waals surface area contributed by atoms with Crippen molar-refractivity contribution in [2.45, 2.75) is 13.8 Å². The predicted octanol–water partition coefficient (Wildman–Crippen LogP) is 3.68. The highest BCUT2D eigenvalue weighted by Crippen LogP contribution is 2.15. The standard InChI is InChI=1S/C19H20N4O2/c1-3-23(4-2)19(25)22-17-10-6-8-15(12-17)18(24)21-16-9-5-7-14(11-16)13-20/h5-12H,3-4H2,1-2H3,(H,21,24)(H,22,25). The van der Waals surface area contributed by atoms with E-state index in [0.29, 0.717) is 35.6 Å². The molecule has 2 aromatic rings. The average Bonchev–Trinajstić information content (AvgIpc) is 2.63. The molecule has 0 atom stereocenters. The summed E-state index contributed by atoms with van der Waals surface area (Å²) in [6.45, 7) is 5.03. The minimum atomic E-state index is -0.311. The number of nitrogens with zero attached hydrogens (tertiary/aromatic N) is 2. The van der Waals surface area contributed by atoms with Gasteiger partial charge in [-0.25, -0.2) is 4.79 Å². The lowest BCUT2D eigenvalue weighted by Crippen LogP contribution is -2.34. The molecule has 0 saturated carbocycles. The zero-order valence-corrected chi connectivity index (χ0v) is 14.2. The van der Waals surface area contributed by atoms with E-state index in [4.69, 9.17) is 5.26 Å². The highest BCUT2D eigenvalue weighted by atomic mass is 16.2. The van der Waals surface area contributed by atoms with Crippen molar-refractivity contribution >= 4 is 23.3 Å². The number of carbonyl (C=O) groups is 2. The van der Waals surface area contributed by atoms with Crippen molar-refractivity contribution in [3.05, 3.63) is 59.7 Å². The van der Waals surface area contributed by atoms with Crippen molar-refractivity contribution < 1.29 is 9.59 Å². The molecular weight excluding hydrogens is 316 g/mol. The van der Waals surface area contributed by atoms with E-state index >= 15 is 0 Å². The molecule has 0 aromatic heterocycles. The monoisotopic (exact) mass is 336 g/mol. The fourth-order valence-electron chi connectivity index (χ4n) is 2.32. The van der Waals surface area contributed by atoms with Crippen LogP contribution < -0.4 is 10.6 Å². The fraction of sp³-hybridized carbons (Fsp3) is 0.211. The van der Waals surface area contributed by atoms with Crippen molar-refractivity contribution in [3.63, 3.8) is 0 Å². The molecule has 2 N–H and O–H groups in total. The molecule has 6 nitrogen and oxygen atoms in total. The lowest BCUT2D eigenvalue weighted by atomic mass is 10.1. The maximum Gasteiger partial charge on any atom is 0.321 e. The quantitative estimate of drug-likeness (QED) is 0.873. The molecule has 0 bridgehead atoms. The van der Waals surface area contributed by atoms with Gasteiger partial charge in [0.15, 0.2) is 0 Å². The zero-order valence-electron chi connectivity index (χ0n) is 14.2. The molecule has 0 heterocycles. The Morgan fingerprint density at radius 1 is 1.00 bits per heavy atom. The Hall–Kier alpha value is -3.33. The van der Waals surface area contributed by atoms with E-state index in [2.05, 4.69) is 10.6 Å². The molecule has 0 fully saturated rings. The number of nitrogens with one attached hydrogen (secondary N) is 2. The number of amides is 3. The van der Waals surface area contributed by atoms with Crippen LogP contribution in [0.4, 0.5) is 16.2 Å². The highest BCUT2D eigenvalue weighted by Gasteiger charge is 2.11. The van der Waals surface area contributed by atoms with Crippen LogP contribution in [0, 0.1) is 11.3 Å². The van der Waals surface area contributed by atoms with Gasteiger partial charge in [0.2, 0.25) is 0 Å². The summed E-state index contributed by atoms with van der Waals surface area (Å²) in [5, 5.41) is 14.4. The third kappa shape index (κ3) is 4.82. The molecule has 0 saturated heterocycles. The number of hydrogen-bond acceptors (Lipinski definition) is 3. The van der Waals surface area contributed by atoms with Crippen LogP contribution in [0.1, 0.15) is 29.8 Å². The van der Waals surface area contributed by atoms with Gasteiger partial charge in [-0.1, -0.05) is 12.1 Å². The van der Waals surface area contributed by atoms with Gasteiger partial charge in [0.1, 0.15) is 0 Å². The van der Waals surface area contributed by atoms with Crippen LogP contribution in [0.3, 0.4) is 0 Å². The Morgan fingerprint density at radius 2 is 1.64 bits per heavy atom. The number of nitriles is 1. The summed E-state index contributed by atoms with van der Waals surface area (Å²) in [6, 6.07) is 15.2. The minimum absolute atomic E-state index is 0.204. The lowest BCUT2D eigenvalue weighted by molar-refractivity contribution is 0.102. The van der Waals surface area contributed by atoms with Gasteiger partial charge in [-0.05, 0) is 50.2 Å². The van der Waals surface area contributed by atoms with E-state index in [1.807, 2.05) is 19.9 Å². The van der Waals surface area contributed by atoms with E-state index < -0.39 is 0 Å². The van der Waals surface area contributed by atoms with Crippen LogP contribution in [0.5, 0.6) is 0 Å². The number of hydrogen-bond donors (Lipinski definition) is 2. The smallest absolute Gasteiger partial charge is 0.321 e. The van der Waals surface area contributed by atoms with Crippen LogP contribution in [-0.4, -0.2) is 29.9 Å². The number of urea groups is 1. The van der Waals surface area contributed by atoms with Crippen LogP contribution in [0.25, 0.3) is 0 Å². The molecular formula is C19H20N4O2. The summed E-state index contributed by atoms with van der Waals surface area (Å²) in [4.78, 5) is 26.1. The second-order valence-corrected chi connectivity index (χ2v) is 5.33. The van der Waals surface area contributed by atoms with E-state index in [1.54, 1.807) is 53.4 Å². The van der Waals surface area contributed by atoms with Gasteiger partial charge in [-0.15, -0.1) is 0 Å². The van der Waals surface area contributed by atoms with Gasteiger partial charge < -0.3 is 15.5 Å². The topological polar surface area (TPSA) is 85.2 Å². The number of anilines is 2. The number of benzene rings is 2. The maximum absolute atomic E-state index is 12.4. The van der Waals surface area contributed by atoms with Gasteiger partial charge in [0.05, 0.1) is 11.6 Å². The van der Waals surface area contributed by atoms with E-state index in [1.165, 1.54) is 0 Å². The Bertz CT molecular complexity index is 807. The second-order valence-electron chi connectivity index (χ2n) is 5.33. The number of rotatable bonds is 5. The molecule has 0 aliphatic heterocycles. The highest BCUT2D eigenvalue weighted by molar-refractivity contribution is 6.05. The molecule has 128 valence electrons. The van der Waals surface area contributed by atoms with Crippen LogP contribution >= 0.6 is 0 Å². The summed E-state index contributed by atoms with van der Waals surface area (Å²) in [5.74, 6) is -0.311. The van der Waals surface area contributed by atoms with Gasteiger partial charge in [0.25, 0.3) is 5.91 Å². The Labute approximate surface area is 147 Å². The molecule has 0 aliphatic carbocycles. The van der Waals surface area contributed by atoms with Crippen LogP contribution in [-0.2, 0) is 0 Å². The molecule has 0 aliphatic rings. The first-order valence-electron chi connectivity index (χ1n) is 8.04. The van der Waals surface area contributed by atoms with Crippen molar-refractivity contribution in [3.8, 4) is 6.07 Å². The molecule has 3 amide bonds. The van der Waals surface area contributed by atoms with Gasteiger partial charge >= 0.3 is 6.03 Å². The molecule has 25 heavy (non-hydrogen) atoms. The van der Waals surface area contributed by atoms with E-state index in [-0.39, 0.29) is 11.9 Å². The molecule has 2 aromatic carbocycles. The molecule has 6 heteroatoms. The number of carbonyl (C=O) groups excluding carboxylic acids is 2. The second kappa shape index (κ2) is 8.50. The van der Waals surface area contributed by atoms with E-state index in [0.717, 1.165) is 0 Å². The SMILES string of the molecule is CCN(CC)C(=O)Nc1cccc(C(=O)Nc2cccc(C#N)c2)c1. The fourth-order valence-corrected chi connectivity index (χ4v) is 2.32. The van der Waals surface area contributed by atoms with Crippen molar-refractivity contribution in [2.75, 3.05) is 23.7 Å². The molecule has 0 unspecified atom stereocenters. The van der Waals surface area contributed by atoms with Crippen LogP contribution in [0.15, 0.2) is 48.5 Å². The lowest BCUT2D eigenvalue weighted by Gasteiger charge is -2.19. The van der Waals surface area contributed by atoms with Gasteiger partial charge in [-0.2, -0.15) is 5.26 Å². The summed E-state index contributed by atoms with van der Waals surface area (Å²) in [7, 11) is 0. The first kappa shape index (κ1) is 18.0. The predicted molar refractivity (Wildman–Crippen MR) is 97.5 cm³/mol. The largest absolute Gasteiger partial charge is 0.325 e. The Balaban J connectivity index is 2.11. The van der Waals surface area contributed by atoms with Gasteiger partial charge in [-0.3, -0.25) is 4.79 Å². The molecule has 2 rings (SSSR count). The average molecular weight is 336 g/mol. The van der Waals surface area contributed by atoms with Crippen molar-refractivity contribution in [2.24, 2.45) is 0 Å². The normalized spacial score (nSPS) is 9.80.